The summed E-state index contributed by atoms with van der Waals surface area (Å²) in [5, 5.41) is 11.8. The van der Waals surface area contributed by atoms with Gasteiger partial charge in [0, 0.05) is 40.1 Å². The molecule has 0 aliphatic carbocycles. The fraction of sp³-hybridized carbons (Fsp3) is 0.417. The molecule has 2 rings (SSSR count). The van der Waals surface area contributed by atoms with Crippen LogP contribution >= 0.6 is 0 Å². The van der Waals surface area contributed by atoms with Crippen LogP contribution in [0.2, 0.25) is 0 Å². The normalized spacial score (nSPS) is 14.2. The molecule has 0 fully saturated rings. The van der Waals surface area contributed by atoms with E-state index in [0.29, 0.717) is 18.1 Å². The molecule has 2 aromatic rings. The quantitative estimate of drug-likeness (QED) is 0.828. The monoisotopic (exact) mass is 279 g/mol. The number of para-hydroxylation sites is 1. The summed E-state index contributed by atoms with van der Waals surface area (Å²) >= 11 is 0. The van der Waals surface area contributed by atoms with E-state index in [1.807, 2.05) is 31.2 Å². The molecule has 2 N–H and O–H groups in total. The fourth-order valence-electron chi connectivity index (χ4n) is 1.72. The number of aryl methyl sites for hydroxylation is 1. The highest BCUT2D eigenvalue weighted by Gasteiger charge is 2.13. The molecule has 0 bridgehead atoms. The molecule has 0 radical (unpaired) electrons. The maximum atomic E-state index is 11.3. The maximum Gasteiger partial charge on any atom is 0.184 e. The molecule has 1 aromatic heterocycles. The van der Waals surface area contributed by atoms with Crippen LogP contribution in [0.1, 0.15) is 13.3 Å². The van der Waals surface area contributed by atoms with Gasteiger partial charge in [-0.05, 0) is 29.0 Å². The Hall–Kier alpha value is -1.76. The molecule has 0 aliphatic heterocycles. The van der Waals surface area contributed by atoms with E-state index in [1.165, 1.54) is 0 Å². The van der Waals surface area contributed by atoms with Crippen molar-refractivity contribution in [1.29, 1.82) is 0 Å². The van der Waals surface area contributed by atoms with Crippen LogP contribution in [-0.4, -0.2) is 35.9 Å². The molecule has 0 amide bonds. The van der Waals surface area contributed by atoms with Gasteiger partial charge in [0.05, 0.1) is 0 Å². The zero-order valence-electron chi connectivity index (χ0n) is 11.0. The first-order valence-electron chi connectivity index (χ1n) is 6.03. The molecule has 102 valence electrons. The van der Waals surface area contributed by atoms with E-state index in [-0.39, 0.29) is 5.25 Å². The van der Waals surface area contributed by atoms with Crippen molar-refractivity contribution in [2.75, 3.05) is 12.0 Å². The van der Waals surface area contributed by atoms with Crippen molar-refractivity contribution in [1.82, 2.24) is 20.2 Å². The Balaban J connectivity index is 2.19. The second-order valence-corrected chi connectivity index (χ2v) is 6.21. The van der Waals surface area contributed by atoms with Gasteiger partial charge in [-0.1, -0.05) is 19.1 Å². The standard InChI is InChI=1S/C12H17N5OS/c1-9(19(2)18)7-8-17-12(14-15-16-17)10-5-3-4-6-11(10)13/h3-6,9H,7-8,13H2,1-2H3. The Morgan fingerprint density at radius 3 is 2.84 bits per heavy atom. The Labute approximate surface area is 114 Å². The van der Waals surface area contributed by atoms with E-state index in [1.54, 1.807) is 10.9 Å². The second-order valence-electron chi connectivity index (χ2n) is 4.41. The number of hydrogen-bond donors (Lipinski definition) is 1. The summed E-state index contributed by atoms with van der Waals surface area (Å²) in [6, 6.07) is 7.47. The molecule has 7 heteroatoms. The summed E-state index contributed by atoms with van der Waals surface area (Å²) in [5.41, 5.74) is 7.39. The number of rotatable bonds is 5. The number of tetrazole rings is 1. The number of aromatic nitrogens is 4. The van der Waals surface area contributed by atoms with Crippen LogP contribution in [0.3, 0.4) is 0 Å². The Bertz CT molecular complexity index is 583. The lowest BCUT2D eigenvalue weighted by Gasteiger charge is -2.09. The Morgan fingerprint density at radius 2 is 2.16 bits per heavy atom. The Kier molecular flexibility index (Phi) is 4.26. The minimum atomic E-state index is -0.834. The van der Waals surface area contributed by atoms with Crippen LogP contribution in [0.15, 0.2) is 24.3 Å². The van der Waals surface area contributed by atoms with Crippen molar-refractivity contribution in [2.24, 2.45) is 0 Å². The van der Waals surface area contributed by atoms with Gasteiger partial charge < -0.3 is 5.73 Å². The van der Waals surface area contributed by atoms with E-state index in [9.17, 15) is 4.21 Å². The third-order valence-electron chi connectivity index (χ3n) is 3.05. The molecule has 1 heterocycles. The first kappa shape index (κ1) is 13.7. The molecular weight excluding hydrogens is 262 g/mol. The molecule has 0 aliphatic rings. The van der Waals surface area contributed by atoms with Gasteiger partial charge in [-0.3, -0.25) is 4.21 Å². The highest BCUT2D eigenvalue weighted by molar-refractivity contribution is 7.84. The topological polar surface area (TPSA) is 86.7 Å². The summed E-state index contributed by atoms with van der Waals surface area (Å²) < 4.78 is 13.0. The number of hydrogen-bond acceptors (Lipinski definition) is 5. The van der Waals surface area contributed by atoms with Crippen LogP contribution in [-0.2, 0) is 17.3 Å². The molecule has 0 saturated carbocycles. The first-order valence-corrected chi connectivity index (χ1v) is 7.65. The van der Waals surface area contributed by atoms with Crippen molar-refractivity contribution < 1.29 is 4.21 Å². The zero-order valence-corrected chi connectivity index (χ0v) is 11.8. The van der Waals surface area contributed by atoms with Crippen LogP contribution in [0.5, 0.6) is 0 Å². The molecular formula is C12H17N5OS. The second kappa shape index (κ2) is 5.92. The van der Waals surface area contributed by atoms with E-state index in [0.717, 1.165) is 12.0 Å². The van der Waals surface area contributed by atoms with Gasteiger partial charge in [0.25, 0.3) is 0 Å². The maximum absolute atomic E-state index is 11.3. The minimum absolute atomic E-state index is 0.116. The number of nitrogens with zero attached hydrogens (tertiary/aromatic N) is 4. The lowest BCUT2D eigenvalue weighted by molar-refractivity contribution is 0.556. The average molecular weight is 279 g/mol. The van der Waals surface area contributed by atoms with E-state index >= 15 is 0 Å². The predicted octanol–water partition coefficient (Wildman–Crippen LogP) is 1.08. The molecule has 19 heavy (non-hydrogen) atoms. The van der Waals surface area contributed by atoms with Gasteiger partial charge in [0.1, 0.15) is 0 Å². The fourth-order valence-corrected chi connectivity index (χ4v) is 2.16. The van der Waals surface area contributed by atoms with E-state index in [4.69, 9.17) is 5.73 Å². The molecule has 0 saturated heterocycles. The summed E-state index contributed by atoms with van der Waals surface area (Å²) in [4.78, 5) is 0. The molecule has 6 nitrogen and oxygen atoms in total. The number of anilines is 1. The van der Waals surface area contributed by atoms with Gasteiger partial charge in [-0.25, -0.2) is 4.68 Å². The number of nitrogens with two attached hydrogens (primary N) is 1. The average Bonchev–Trinajstić information content (AvgIpc) is 2.84. The highest BCUT2D eigenvalue weighted by Crippen LogP contribution is 2.22. The predicted molar refractivity (Wildman–Crippen MR) is 75.8 cm³/mol. The van der Waals surface area contributed by atoms with E-state index in [2.05, 4.69) is 15.5 Å². The van der Waals surface area contributed by atoms with Gasteiger partial charge >= 0.3 is 0 Å². The lowest BCUT2D eigenvalue weighted by Crippen LogP contribution is -2.14. The van der Waals surface area contributed by atoms with Crippen molar-refractivity contribution >= 4 is 16.5 Å². The highest BCUT2D eigenvalue weighted by atomic mass is 32.2. The van der Waals surface area contributed by atoms with E-state index < -0.39 is 10.8 Å². The summed E-state index contributed by atoms with van der Waals surface area (Å²) in [6.45, 7) is 2.58. The van der Waals surface area contributed by atoms with Crippen LogP contribution in [0.4, 0.5) is 5.69 Å². The van der Waals surface area contributed by atoms with Gasteiger partial charge in [0.15, 0.2) is 5.82 Å². The first-order chi connectivity index (χ1) is 9.09. The smallest absolute Gasteiger partial charge is 0.184 e. The van der Waals surface area contributed by atoms with Gasteiger partial charge in [-0.2, -0.15) is 0 Å². The lowest BCUT2D eigenvalue weighted by atomic mass is 10.1. The molecule has 0 spiro atoms. The van der Waals surface area contributed by atoms with Crippen LogP contribution in [0, 0.1) is 0 Å². The van der Waals surface area contributed by atoms with Crippen LogP contribution in [0.25, 0.3) is 11.4 Å². The third kappa shape index (κ3) is 3.17. The van der Waals surface area contributed by atoms with Crippen molar-refractivity contribution in [3.05, 3.63) is 24.3 Å². The minimum Gasteiger partial charge on any atom is -0.398 e. The third-order valence-corrected chi connectivity index (χ3v) is 4.42. The molecule has 1 aromatic carbocycles. The Morgan fingerprint density at radius 1 is 1.42 bits per heavy atom. The molecule has 2 atom stereocenters. The summed E-state index contributed by atoms with van der Waals surface area (Å²) in [6.07, 6.45) is 2.47. The van der Waals surface area contributed by atoms with Gasteiger partial charge in [0.2, 0.25) is 0 Å². The number of benzene rings is 1. The SMILES string of the molecule is CC(CCn1nnnc1-c1ccccc1N)S(C)=O. The van der Waals surface area contributed by atoms with Gasteiger partial charge in [-0.15, -0.1) is 5.10 Å². The van der Waals surface area contributed by atoms with Crippen molar-refractivity contribution in [2.45, 2.75) is 25.1 Å². The summed E-state index contributed by atoms with van der Waals surface area (Å²) in [7, 11) is -0.834. The van der Waals surface area contributed by atoms with Crippen molar-refractivity contribution in [3.8, 4) is 11.4 Å². The molecule has 2 unspecified atom stereocenters. The van der Waals surface area contributed by atoms with Crippen LogP contribution < -0.4 is 5.73 Å². The zero-order chi connectivity index (χ0) is 13.8. The largest absolute Gasteiger partial charge is 0.398 e. The van der Waals surface area contributed by atoms with Crippen molar-refractivity contribution in [3.63, 3.8) is 0 Å². The number of nitrogen functional groups attached to an aromatic ring is 1. The summed E-state index contributed by atoms with van der Waals surface area (Å²) in [5.74, 6) is 0.646.